The summed E-state index contributed by atoms with van der Waals surface area (Å²) in [6, 6.07) is 86.7. The van der Waals surface area contributed by atoms with E-state index in [0.717, 1.165) is 64.2 Å². The van der Waals surface area contributed by atoms with E-state index in [2.05, 4.69) is 182 Å². The van der Waals surface area contributed by atoms with E-state index in [-0.39, 0.29) is 80.2 Å². The number of ether oxygens (including phenoxy) is 5. The van der Waals surface area contributed by atoms with Crippen LogP contribution in [0.1, 0.15) is 166 Å². The molecular weight excluding hydrogens is 1550 g/mol. The Morgan fingerprint density at radius 2 is 0.627 bits per heavy atom. The summed E-state index contributed by atoms with van der Waals surface area (Å²) in [6.45, 7) is 18.6. The van der Waals surface area contributed by atoms with Crippen molar-refractivity contribution in [3.05, 3.63) is 255 Å². The largest absolute Gasteiger partial charge is 0.461 e. The quantitative estimate of drug-likeness (QED) is 0.0279. The third kappa shape index (κ3) is 23.0. The van der Waals surface area contributed by atoms with Crippen molar-refractivity contribution in [3.8, 4) is 17.2 Å². The van der Waals surface area contributed by atoms with Gasteiger partial charge in [0, 0.05) is 31.1 Å². The first-order valence-electron chi connectivity index (χ1n) is 40.9. The van der Waals surface area contributed by atoms with Crippen molar-refractivity contribution in [2.75, 3.05) is 6.61 Å². The zero-order valence-corrected chi connectivity index (χ0v) is 71.9. The molecule has 9 aromatic rings. The SMILES string of the molecule is CC(F)(F)C(=O)OC12CC3CC(C1)C(=O)C(C3)C2.CC(F)(F)C(=O)OCC12CC3CC(CC(O)(C3)C1)C2.CCC(C)(C)C(=O)Oc1ccc([S+](c2ccccc2)c2ccccc2)cc1.CCC(C)(C)C(=O)Oc1ccc([S+](c2ccccc2)c2ccccc2)cc1.CCC(C)(C)C(=O)Oc1ccc([S+](c2ccccc2)c2ccccc2)cc1. The van der Waals surface area contributed by atoms with Crippen LogP contribution < -0.4 is 14.2 Å². The fourth-order valence-corrected chi connectivity index (χ4v) is 22.9. The first-order chi connectivity index (χ1) is 56.0. The second-order valence-electron chi connectivity index (χ2n) is 34.4. The number of alkyl halides is 4. The lowest BCUT2D eigenvalue weighted by Crippen LogP contribution is -2.57. The summed E-state index contributed by atoms with van der Waals surface area (Å²) in [7, 11) is -0.584. The molecule has 8 saturated carbocycles. The number of hydrogen-bond donors (Lipinski definition) is 1. The highest BCUT2D eigenvalue weighted by Gasteiger charge is 2.60. The van der Waals surface area contributed by atoms with Gasteiger partial charge in [0.15, 0.2) is 44.1 Å². The maximum Gasteiger partial charge on any atom is 0.377 e. The Morgan fingerprint density at radius 3 is 0.881 bits per heavy atom. The summed E-state index contributed by atoms with van der Waals surface area (Å²) in [6.07, 6.45) is 10.6. The minimum Gasteiger partial charge on any atom is -0.461 e. The molecule has 0 heterocycles. The number of benzene rings is 9. The number of esters is 5. The lowest BCUT2D eigenvalue weighted by molar-refractivity contribution is -0.207. The number of Topliss-reactive ketones (excluding diaryl/α,β-unsaturated/α-hetero) is 1. The molecule has 118 heavy (non-hydrogen) atoms. The van der Waals surface area contributed by atoms with Crippen LogP contribution in [-0.2, 0) is 70.9 Å². The zero-order valence-electron chi connectivity index (χ0n) is 69.4. The molecule has 8 fully saturated rings. The molecule has 4 unspecified atom stereocenters. The van der Waals surface area contributed by atoms with E-state index < -0.39 is 51.2 Å². The van der Waals surface area contributed by atoms with Gasteiger partial charge in [-0.1, -0.05) is 130 Å². The van der Waals surface area contributed by atoms with E-state index in [9.17, 15) is 51.4 Å². The summed E-state index contributed by atoms with van der Waals surface area (Å²) in [5, 5.41) is 10.5. The Hall–Kier alpha value is -9.27. The minimum absolute atomic E-state index is 0.0323. The fraction of sp³-hybridized carbons (Fsp3) is 0.394. The van der Waals surface area contributed by atoms with E-state index in [0.29, 0.717) is 74.5 Å². The second-order valence-corrected chi connectivity index (χ2v) is 40.5. The van der Waals surface area contributed by atoms with E-state index in [1.807, 2.05) is 135 Å². The summed E-state index contributed by atoms with van der Waals surface area (Å²) in [4.78, 5) is 82.6. The highest BCUT2D eigenvalue weighted by Crippen LogP contribution is 2.62. The lowest BCUT2D eigenvalue weighted by Gasteiger charge is -2.59. The normalized spacial score (nSPS) is 21.4. The Morgan fingerprint density at radius 1 is 0.356 bits per heavy atom. The Balaban J connectivity index is 0.000000146. The van der Waals surface area contributed by atoms with E-state index in [4.69, 9.17) is 23.7 Å². The molecule has 8 bridgehead atoms. The van der Waals surface area contributed by atoms with Crippen molar-refractivity contribution in [1.29, 1.82) is 0 Å². The highest BCUT2D eigenvalue weighted by molar-refractivity contribution is 7.97. The van der Waals surface area contributed by atoms with Gasteiger partial charge >= 0.3 is 41.7 Å². The van der Waals surface area contributed by atoms with Gasteiger partial charge in [-0.05, 0) is 295 Å². The van der Waals surface area contributed by atoms with Gasteiger partial charge in [-0.25, -0.2) is 9.59 Å². The summed E-state index contributed by atoms with van der Waals surface area (Å²) < 4.78 is 78.2. The lowest BCUT2D eigenvalue weighted by atomic mass is 9.48. The molecular formula is C99H111F4O12S3+3. The summed E-state index contributed by atoms with van der Waals surface area (Å²) in [5.74, 6) is -7.19. The molecule has 0 aromatic heterocycles. The smallest absolute Gasteiger partial charge is 0.377 e. The number of ketones is 1. The van der Waals surface area contributed by atoms with Gasteiger partial charge in [-0.3, -0.25) is 19.2 Å². The van der Waals surface area contributed by atoms with Crippen molar-refractivity contribution in [2.24, 2.45) is 51.2 Å². The first-order valence-corrected chi connectivity index (χ1v) is 44.6. The maximum atomic E-state index is 12.9. The summed E-state index contributed by atoms with van der Waals surface area (Å²) in [5.41, 5.74) is -3.13. The molecule has 1 N–H and O–H groups in total. The van der Waals surface area contributed by atoms with Crippen LogP contribution in [0.2, 0.25) is 0 Å². The van der Waals surface area contributed by atoms with Gasteiger partial charge in [-0.2, -0.15) is 17.6 Å². The van der Waals surface area contributed by atoms with E-state index in [1.54, 1.807) is 0 Å². The molecule has 0 spiro atoms. The van der Waals surface area contributed by atoms with Crippen LogP contribution in [0.4, 0.5) is 17.6 Å². The molecule has 4 atom stereocenters. The predicted molar refractivity (Wildman–Crippen MR) is 455 cm³/mol. The molecule has 12 nitrogen and oxygen atoms in total. The van der Waals surface area contributed by atoms with Crippen LogP contribution in [0.25, 0.3) is 0 Å². The first kappa shape index (κ1) is 89.5. The monoisotopic (exact) mass is 1660 g/mol. The average Bonchev–Trinajstić information content (AvgIpc) is 0.734. The van der Waals surface area contributed by atoms with Crippen molar-refractivity contribution >= 4 is 68.3 Å². The third-order valence-electron chi connectivity index (χ3n) is 23.6. The number of halogens is 4. The van der Waals surface area contributed by atoms with Crippen LogP contribution >= 0.6 is 0 Å². The van der Waals surface area contributed by atoms with Gasteiger partial charge in [0.2, 0.25) is 0 Å². The molecule has 0 aliphatic heterocycles. The molecule has 0 radical (unpaired) electrons. The van der Waals surface area contributed by atoms with Crippen molar-refractivity contribution in [2.45, 2.75) is 233 Å². The molecule has 8 aliphatic carbocycles. The average molecular weight is 1670 g/mol. The fourth-order valence-electron chi connectivity index (χ4n) is 16.7. The Labute approximate surface area is 702 Å². The molecule has 8 aliphatic rings. The van der Waals surface area contributed by atoms with E-state index >= 15 is 0 Å². The van der Waals surface area contributed by atoms with E-state index in [1.165, 1.54) is 44.1 Å². The van der Waals surface area contributed by atoms with Crippen LogP contribution in [0, 0.1) is 51.2 Å². The van der Waals surface area contributed by atoms with Gasteiger partial charge in [-0.15, -0.1) is 0 Å². The van der Waals surface area contributed by atoms with Crippen molar-refractivity contribution < 1.29 is 75.1 Å². The molecule has 17 rings (SSSR count). The Bertz CT molecular complexity index is 4300. The van der Waals surface area contributed by atoms with Crippen molar-refractivity contribution in [1.82, 2.24) is 0 Å². The maximum absolute atomic E-state index is 12.9. The highest BCUT2D eigenvalue weighted by atomic mass is 32.2. The third-order valence-corrected chi connectivity index (χ3v) is 30.3. The van der Waals surface area contributed by atoms with Crippen LogP contribution in [-0.4, -0.2) is 70.4 Å². The predicted octanol–water partition coefficient (Wildman–Crippen LogP) is 23.2. The number of carbonyl (C=O) groups is 6. The standard InChI is InChI=1S/3C24H25O2S.C14H20F2O3.C13H16F2O3/c3*1-4-24(2,3)23(25)26-19-15-17-22(18-16-19)27(20-11-7-5-8-12-20)21-13-9-6-10-14-21;1-12(15,16)11(17)19-8-13-3-9-2-10(4-13)6-14(18,5-9)7-13;1-12(14,15)11(17)18-13-4-7-2-8(5-13)10(16)9(3-7)6-13/h3*5-18H,4H2,1-3H3;9-10,18H,2-8H2,1H3;7-9H,2-6H2,1H3/q3*+1;;. The van der Waals surface area contributed by atoms with Gasteiger partial charge in [0.05, 0.1) is 61.1 Å². The van der Waals surface area contributed by atoms with Gasteiger partial charge in [0.25, 0.3) is 0 Å². The number of aliphatic hydroxyl groups is 1. The van der Waals surface area contributed by atoms with Crippen LogP contribution in [0.15, 0.2) is 299 Å². The molecule has 0 saturated heterocycles. The Kier molecular flexibility index (Phi) is 29.1. The van der Waals surface area contributed by atoms with Crippen LogP contribution in [0.5, 0.6) is 17.2 Å². The van der Waals surface area contributed by atoms with Crippen LogP contribution in [0.3, 0.4) is 0 Å². The number of hydrogen-bond acceptors (Lipinski definition) is 12. The molecule has 0 amide bonds. The molecule has 19 heteroatoms. The summed E-state index contributed by atoms with van der Waals surface area (Å²) >= 11 is 0. The molecule has 622 valence electrons. The zero-order chi connectivity index (χ0) is 84.9. The molecule has 9 aromatic carbocycles. The number of carbonyl (C=O) groups excluding carboxylic acids is 6. The topological polar surface area (TPSA) is 169 Å². The second kappa shape index (κ2) is 38.4. The minimum atomic E-state index is -3.45. The van der Waals surface area contributed by atoms with Gasteiger partial charge in [0.1, 0.15) is 28.6 Å². The van der Waals surface area contributed by atoms with Gasteiger partial charge < -0.3 is 28.8 Å². The number of rotatable bonds is 23. The van der Waals surface area contributed by atoms with Crippen molar-refractivity contribution in [3.63, 3.8) is 0 Å².